The van der Waals surface area contributed by atoms with Crippen LogP contribution in [0.1, 0.15) is 41.9 Å². The van der Waals surface area contributed by atoms with Gasteiger partial charge < -0.3 is 4.42 Å². The molecule has 2 aliphatic carbocycles. The molecule has 160 valence electrons. The fraction of sp³-hybridized carbons (Fsp3) is 0.188. The highest BCUT2D eigenvalue weighted by atomic mass is 16.3. The summed E-state index contributed by atoms with van der Waals surface area (Å²) in [6.45, 7) is 6.89. The Bertz CT molecular complexity index is 1590. The van der Waals surface area contributed by atoms with Crippen LogP contribution in [0.25, 0.3) is 44.3 Å². The normalized spacial score (nSPS) is 15.1. The van der Waals surface area contributed by atoms with Gasteiger partial charge in [-0.25, -0.2) is 0 Å². The number of furan rings is 1. The molecular formula is C32H26O. The Balaban J connectivity index is 1.40. The van der Waals surface area contributed by atoms with Crippen LogP contribution in [-0.4, -0.2) is 0 Å². The van der Waals surface area contributed by atoms with Gasteiger partial charge in [-0.1, -0.05) is 80.1 Å². The first-order chi connectivity index (χ1) is 16.0. The van der Waals surface area contributed by atoms with E-state index in [-0.39, 0.29) is 5.41 Å². The van der Waals surface area contributed by atoms with E-state index in [1.54, 1.807) is 0 Å². The Morgan fingerprint density at radius 3 is 2.30 bits per heavy atom. The Labute approximate surface area is 194 Å². The molecule has 0 unspecified atom stereocenters. The zero-order chi connectivity index (χ0) is 22.3. The van der Waals surface area contributed by atoms with Crippen LogP contribution in [0.5, 0.6) is 0 Å². The van der Waals surface area contributed by atoms with Gasteiger partial charge in [0.05, 0.1) is 0 Å². The molecule has 0 aliphatic heterocycles. The van der Waals surface area contributed by atoms with Gasteiger partial charge in [0.1, 0.15) is 11.3 Å². The Kier molecular flexibility index (Phi) is 3.72. The standard InChI is InChI=1S/C32H26O/c1-19-8-12-24-25-13-9-22(18-28(25)32(2,3)27(24)16-19)21-11-14-29-26(17-21)31-23-7-5-4-6-20(23)10-15-30(31)33-29/h4-9,11-14,16-18H,10,15H2,1-3H3. The quantitative estimate of drug-likeness (QED) is 0.262. The number of hydrogen-bond donors (Lipinski definition) is 0. The third kappa shape index (κ3) is 2.60. The molecule has 0 spiro atoms. The minimum Gasteiger partial charge on any atom is -0.460 e. The minimum absolute atomic E-state index is 0.00451. The van der Waals surface area contributed by atoms with Crippen molar-refractivity contribution in [3.63, 3.8) is 0 Å². The fourth-order valence-corrected chi connectivity index (χ4v) is 6.06. The molecule has 0 saturated heterocycles. The summed E-state index contributed by atoms with van der Waals surface area (Å²) in [5, 5.41) is 1.23. The lowest BCUT2D eigenvalue weighted by Gasteiger charge is -2.22. The summed E-state index contributed by atoms with van der Waals surface area (Å²) in [5.74, 6) is 1.13. The van der Waals surface area contributed by atoms with E-state index in [1.807, 2.05) is 0 Å². The summed E-state index contributed by atoms with van der Waals surface area (Å²) in [6.07, 6.45) is 2.02. The average molecular weight is 427 g/mol. The van der Waals surface area contributed by atoms with Crippen molar-refractivity contribution >= 4 is 11.0 Å². The lowest BCUT2D eigenvalue weighted by molar-refractivity contribution is 0.546. The van der Waals surface area contributed by atoms with Crippen LogP contribution >= 0.6 is 0 Å². The summed E-state index contributed by atoms with van der Waals surface area (Å²) < 4.78 is 6.30. The van der Waals surface area contributed by atoms with Crippen LogP contribution in [-0.2, 0) is 18.3 Å². The number of benzene rings is 4. The van der Waals surface area contributed by atoms with Gasteiger partial charge >= 0.3 is 0 Å². The average Bonchev–Trinajstić information content (AvgIpc) is 3.31. The van der Waals surface area contributed by atoms with E-state index < -0.39 is 0 Å². The lowest BCUT2D eigenvalue weighted by atomic mass is 9.81. The number of fused-ring (bicyclic) bond motifs is 8. The molecule has 1 nitrogen and oxygen atoms in total. The van der Waals surface area contributed by atoms with Crippen molar-refractivity contribution in [2.75, 3.05) is 0 Å². The molecule has 7 rings (SSSR count). The highest BCUT2D eigenvalue weighted by molar-refractivity contribution is 5.99. The molecular weight excluding hydrogens is 400 g/mol. The second-order valence-electron chi connectivity index (χ2n) is 10.2. The molecule has 5 aromatic rings. The Hall–Kier alpha value is -3.58. The summed E-state index contributed by atoms with van der Waals surface area (Å²) in [4.78, 5) is 0. The summed E-state index contributed by atoms with van der Waals surface area (Å²) in [5.41, 5.74) is 14.5. The van der Waals surface area contributed by atoms with Gasteiger partial charge in [0, 0.05) is 22.8 Å². The van der Waals surface area contributed by atoms with Crippen LogP contribution in [0.15, 0.2) is 83.3 Å². The molecule has 0 radical (unpaired) electrons. The Morgan fingerprint density at radius 1 is 0.697 bits per heavy atom. The molecule has 1 aromatic heterocycles. The zero-order valence-corrected chi connectivity index (χ0v) is 19.3. The van der Waals surface area contributed by atoms with Gasteiger partial charge in [0.2, 0.25) is 0 Å². The van der Waals surface area contributed by atoms with E-state index in [9.17, 15) is 0 Å². The molecule has 4 aromatic carbocycles. The summed E-state index contributed by atoms with van der Waals surface area (Å²) >= 11 is 0. The van der Waals surface area contributed by atoms with Gasteiger partial charge in [-0.05, 0) is 76.1 Å². The molecule has 0 N–H and O–H groups in total. The van der Waals surface area contributed by atoms with Crippen molar-refractivity contribution in [2.24, 2.45) is 0 Å². The van der Waals surface area contributed by atoms with E-state index >= 15 is 0 Å². The van der Waals surface area contributed by atoms with Crippen molar-refractivity contribution in [1.82, 2.24) is 0 Å². The predicted octanol–water partition coefficient (Wildman–Crippen LogP) is 8.48. The highest BCUT2D eigenvalue weighted by Gasteiger charge is 2.35. The van der Waals surface area contributed by atoms with Crippen LogP contribution in [0.3, 0.4) is 0 Å². The maximum atomic E-state index is 6.30. The predicted molar refractivity (Wildman–Crippen MR) is 137 cm³/mol. The first kappa shape index (κ1) is 18.9. The summed E-state index contributed by atoms with van der Waals surface area (Å²) in [7, 11) is 0. The number of rotatable bonds is 1. The number of aryl methyl sites for hydroxylation is 3. The molecule has 0 fully saturated rings. The summed E-state index contributed by atoms with van der Waals surface area (Å²) in [6, 6.07) is 29.4. The van der Waals surface area contributed by atoms with E-state index in [1.165, 1.54) is 61.0 Å². The van der Waals surface area contributed by atoms with Gasteiger partial charge in [-0.3, -0.25) is 0 Å². The lowest BCUT2D eigenvalue weighted by Crippen LogP contribution is -2.15. The molecule has 0 bridgehead atoms. The van der Waals surface area contributed by atoms with Gasteiger partial charge in [0.25, 0.3) is 0 Å². The highest BCUT2D eigenvalue weighted by Crippen LogP contribution is 2.50. The van der Waals surface area contributed by atoms with E-state index in [0.717, 1.165) is 24.2 Å². The SMILES string of the molecule is Cc1ccc2c(c1)C(C)(C)c1cc(-c3ccc4oc5c(c4c3)-c3ccccc3CC5)ccc1-2. The van der Waals surface area contributed by atoms with Crippen molar-refractivity contribution in [3.8, 4) is 33.4 Å². The van der Waals surface area contributed by atoms with E-state index in [0.29, 0.717) is 0 Å². The largest absolute Gasteiger partial charge is 0.460 e. The molecule has 33 heavy (non-hydrogen) atoms. The van der Waals surface area contributed by atoms with Crippen LogP contribution in [0.2, 0.25) is 0 Å². The topological polar surface area (TPSA) is 13.1 Å². The van der Waals surface area contributed by atoms with Crippen LogP contribution in [0.4, 0.5) is 0 Å². The molecule has 0 atom stereocenters. The third-order valence-corrected chi connectivity index (χ3v) is 7.83. The molecule has 0 amide bonds. The zero-order valence-electron chi connectivity index (χ0n) is 19.3. The molecule has 1 heterocycles. The maximum Gasteiger partial charge on any atom is 0.134 e. The molecule has 0 saturated carbocycles. The second-order valence-corrected chi connectivity index (χ2v) is 10.2. The minimum atomic E-state index is 0.00451. The Morgan fingerprint density at radius 2 is 1.42 bits per heavy atom. The third-order valence-electron chi connectivity index (χ3n) is 7.83. The molecule has 1 heteroatoms. The number of hydrogen-bond acceptors (Lipinski definition) is 1. The second kappa shape index (κ2) is 6.48. The van der Waals surface area contributed by atoms with Gasteiger partial charge in [-0.15, -0.1) is 0 Å². The van der Waals surface area contributed by atoms with Crippen molar-refractivity contribution in [3.05, 3.63) is 107 Å². The van der Waals surface area contributed by atoms with Gasteiger partial charge in [-0.2, -0.15) is 0 Å². The maximum absolute atomic E-state index is 6.30. The first-order valence-corrected chi connectivity index (χ1v) is 11.9. The van der Waals surface area contributed by atoms with E-state index in [4.69, 9.17) is 4.42 Å². The fourth-order valence-electron chi connectivity index (χ4n) is 6.06. The van der Waals surface area contributed by atoms with E-state index in [2.05, 4.69) is 99.6 Å². The van der Waals surface area contributed by atoms with Crippen LogP contribution < -0.4 is 0 Å². The van der Waals surface area contributed by atoms with Gasteiger partial charge in [0.15, 0.2) is 0 Å². The van der Waals surface area contributed by atoms with Crippen molar-refractivity contribution in [2.45, 2.75) is 39.0 Å². The first-order valence-electron chi connectivity index (χ1n) is 11.9. The van der Waals surface area contributed by atoms with Crippen molar-refractivity contribution < 1.29 is 4.42 Å². The molecule has 2 aliphatic rings. The van der Waals surface area contributed by atoms with Crippen molar-refractivity contribution in [1.29, 1.82) is 0 Å². The monoisotopic (exact) mass is 426 g/mol. The van der Waals surface area contributed by atoms with Crippen LogP contribution in [0, 0.1) is 6.92 Å². The smallest absolute Gasteiger partial charge is 0.134 e.